The van der Waals surface area contributed by atoms with Crippen LogP contribution in [0, 0.1) is 0 Å². The molecule has 1 aromatic heterocycles. The molecule has 7 heteroatoms. The predicted molar refractivity (Wildman–Crippen MR) is 77.9 cm³/mol. The number of nitrogens with zero attached hydrogens (tertiary/aromatic N) is 2. The fourth-order valence-corrected chi connectivity index (χ4v) is 2.18. The van der Waals surface area contributed by atoms with Crippen molar-refractivity contribution in [3.63, 3.8) is 0 Å². The van der Waals surface area contributed by atoms with Crippen LogP contribution >= 0.6 is 11.6 Å². The van der Waals surface area contributed by atoms with Gasteiger partial charge in [-0.3, -0.25) is 9.69 Å². The highest BCUT2D eigenvalue weighted by molar-refractivity contribution is 6.29. The van der Waals surface area contributed by atoms with Crippen molar-refractivity contribution in [3.8, 4) is 0 Å². The van der Waals surface area contributed by atoms with E-state index in [9.17, 15) is 9.59 Å². The molecule has 1 aromatic rings. The van der Waals surface area contributed by atoms with E-state index in [-0.39, 0.29) is 5.91 Å². The fourth-order valence-electron chi connectivity index (χ4n) is 2.06. The number of pyridine rings is 1. The van der Waals surface area contributed by atoms with E-state index in [1.165, 1.54) is 11.1 Å². The molecule has 2 amide bonds. The van der Waals surface area contributed by atoms with E-state index in [0.29, 0.717) is 23.8 Å². The summed E-state index contributed by atoms with van der Waals surface area (Å²) in [5.41, 5.74) is -0.0178. The van der Waals surface area contributed by atoms with Crippen molar-refractivity contribution in [3.05, 3.63) is 29.0 Å². The predicted octanol–water partition coefficient (Wildman–Crippen LogP) is 2.14. The Morgan fingerprint density at radius 1 is 1.48 bits per heavy atom. The molecule has 0 bridgehead atoms. The van der Waals surface area contributed by atoms with Gasteiger partial charge in [-0.25, -0.2) is 9.78 Å². The van der Waals surface area contributed by atoms with E-state index in [0.717, 1.165) is 0 Å². The van der Waals surface area contributed by atoms with Crippen LogP contribution in [0.5, 0.6) is 0 Å². The van der Waals surface area contributed by atoms with Gasteiger partial charge in [-0.05, 0) is 26.8 Å². The Hall–Kier alpha value is -1.82. The molecule has 1 unspecified atom stereocenters. The van der Waals surface area contributed by atoms with E-state index >= 15 is 0 Å². The van der Waals surface area contributed by atoms with Gasteiger partial charge in [-0.15, -0.1) is 0 Å². The first-order valence-corrected chi connectivity index (χ1v) is 7.04. The molecule has 1 atom stereocenters. The third kappa shape index (κ3) is 3.85. The quantitative estimate of drug-likeness (QED) is 0.807. The summed E-state index contributed by atoms with van der Waals surface area (Å²) in [7, 11) is 0. The standard InChI is InChI=1S/C14H18ClN3O3/c1-14(2,3)21-13(20)18-7-6-16-12(19)11(18)9-4-5-10(15)17-8-9/h4-5,8,11H,6-7H2,1-3H3,(H,16,19). The van der Waals surface area contributed by atoms with Crippen molar-refractivity contribution in [1.82, 2.24) is 15.2 Å². The second kappa shape index (κ2) is 5.89. The molecule has 0 aliphatic carbocycles. The minimum atomic E-state index is -0.752. The van der Waals surface area contributed by atoms with E-state index in [4.69, 9.17) is 16.3 Å². The molecule has 0 radical (unpaired) electrons. The zero-order valence-electron chi connectivity index (χ0n) is 12.2. The van der Waals surface area contributed by atoms with Gasteiger partial charge in [0.1, 0.15) is 16.8 Å². The number of piperazine rings is 1. The number of halogens is 1. The number of hydrogen-bond acceptors (Lipinski definition) is 4. The van der Waals surface area contributed by atoms with Crippen LogP contribution in [0.25, 0.3) is 0 Å². The van der Waals surface area contributed by atoms with Crippen LogP contribution in [0.1, 0.15) is 32.4 Å². The van der Waals surface area contributed by atoms with Crippen molar-refractivity contribution in [2.75, 3.05) is 13.1 Å². The van der Waals surface area contributed by atoms with Crippen molar-refractivity contribution in [2.45, 2.75) is 32.4 Å². The average Bonchev–Trinajstić information content (AvgIpc) is 2.38. The molecule has 1 aliphatic rings. The van der Waals surface area contributed by atoms with Crippen LogP contribution < -0.4 is 5.32 Å². The summed E-state index contributed by atoms with van der Waals surface area (Å²) >= 11 is 5.76. The first-order valence-electron chi connectivity index (χ1n) is 6.67. The van der Waals surface area contributed by atoms with Gasteiger partial charge in [0, 0.05) is 24.8 Å². The Morgan fingerprint density at radius 2 is 2.19 bits per heavy atom. The molecular weight excluding hydrogens is 294 g/mol. The number of ether oxygens (including phenoxy) is 1. The summed E-state index contributed by atoms with van der Waals surface area (Å²) < 4.78 is 5.36. The van der Waals surface area contributed by atoms with Crippen LogP contribution in [-0.4, -0.2) is 40.6 Å². The van der Waals surface area contributed by atoms with E-state index in [1.54, 1.807) is 32.9 Å². The van der Waals surface area contributed by atoms with Crippen molar-refractivity contribution >= 4 is 23.6 Å². The van der Waals surface area contributed by atoms with Crippen LogP contribution in [0.2, 0.25) is 5.15 Å². The minimum Gasteiger partial charge on any atom is -0.444 e. The van der Waals surface area contributed by atoms with Gasteiger partial charge in [-0.2, -0.15) is 0 Å². The lowest BCUT2D eigenvalue weighted by Gasteiger charge is -2.36. The molecule has 1 saturated heterocycles. The third-order valence-corrected chi connectivity index (χ3v) is 3.13. The summed E-state index contributed by atoms with van der Waals surface area (Å²) in [4.78, 5) is 29.8. The summed E-state index contributed by atoms with van der Waals surface area (Å²) in [6.45, 7) is 6.14. The average molecular weight is 312 g/mol. The molecule has 2 rings (SSSR count). The van der Waals surface area contributed by atoms with Gasteiger partial charge < -0.3 is 10.1 Å². The molecule has 0 spiro atoms. The molecule has 2 heterocycles. The second-order valence-corrected chi connectivity index (χ2v) is 6.17. The van der Waals surface area contributed by atoms with Gasteiger partial charge in [0.2, 0.25) is 5.91 Å². The molecule has 1 aliphatic heterocycles. The van der Waals surface area contributed by atoms with Crippen LogP contribution in [-0.2, 0) is 9.53 Å². The normalized spacial score (nSPS) is 19.1. The Balaban J connectivity index is 2.27. The van der Waals surface area contributed by atoms with Crippen molar-refractivity contribution < 1.29 is 14.3 Å². The van der Waals surface area contributed by atoms with Crippen LogP contribution in [0.4, 0.5) is 4.79 Å². The first kappa shape index (κ1) is 15.6. The minimum absolute atomic E-state index is 0.253. The largest absolute Gasteiger partial charge is 0.444 e. The smallest absolute Gasteiger partial charge is 0.411 e. The number of carbonyl (C=O) groups excluding carboxylic acids is 2. The van der Waals surface area contributed by atoms with Crippen LogP contribution in [0.3, 0.4) is 0 Å². The SMILES string of the molecule is CC(C)(C)OC(=O)N1CCNC(=O)C1c1ccc(Cl)nc1. The van der Waals surface area contributed by atoms with Gasteiger partial charge in [-0.1, -0.05) is 17.7 Å². The lowest BCUT2D eigenvalue weighted by Crippen LogP contribution is -2.53. The highest BCUT2D eigenvalue weighted by Crippen LogP contribution is 2.25. The lowest BCUT2D eigenvalue weighted by atomic mass is 10.1. The summed E-state index contributed by atoms with van der Waals surface area (Å²) in [6, 6.07) is 2.52. The maximum Gasteiger partial charge on any atom is 0.411 e. The maximum atomic E-state index is 12.3. The monoisotopic (exact) mass is 311 g/mol. The van der Waals surface area contributed by atoms with E-state index < -0.39 is 17.7 Å². The number of rotatable bonds is 1. The molecule has 0 aromatic carbocycles. The van der Waals surface area contributed by atoms with Gasteiger partial charge in [0.05, 0.1) is 0 Å². The summed E-state index contributed by atoms with van der Waals surface area (Å²) in [6.07, 6.45) is 0.979. The molecule has 1 N–H and O–H groups in total. The Bertz CT molecular complexity index is 539. The number of carbonyl (C=O) groups is 2. The Morgan fingerprint density at radius 3 is 2.76 bits per heavy atom. The maximum absolute atomic E-state index is 12.3. The first-order chi connectivity index (χ1) is 9.78. The van der Waals surface area contributed by atoms with Gasteiger partial charge in [0.15, 0.2) is 0 Å². The fraction of sp³-hybridized carbons (Fsp3) is 0.500. The molecule has 21 heavy (non-hydrogen) atoms. The number of hydrogen-bond donors (Lipinski definition) is 1. The third-order valence-electron chi connectivity index (χ3n) is 2.91. The van der Waals surface area contributed by atoms with E-state index in [1.807, 2.05) is 0 Å². The molecule has 0 saturated carbocycles. The number of aromatic nitrogens is 1. The lowest BCUT2D eigenvalue weighted by molar-refractivity contribution is -0.129. The summed E-state index contributed by atoms with van der Waals surface area (Å²) in [5, 5.41) is 3.08. The highest BCUT2D eigenvalue weighted by atomic mass is 35.5. The van der Waals surface area contributed by atoms with Crippen LogP contribution in [0.15, 0.2) is 18.3 Å². The van der Waals surface area contributed by atoms with Crippen molar-refractivity contribution in [1.29, 1.82) is 0 Å². The molecule has 114 valence electrons. The molecule has 1 fully saturated rings. The van der Waals surface area contributed by atoms with E-state index in [2.05, 4.69) is 10.3 Å². The molecule has 6 nitrogen and oxygen atoms in total. The molecular formula is C14H18ClN3O3. The summed E-state index contributed by atoms with van der Waals surface area (Å²) in [5.74, 6) is -0.253. The van der Waals surface area contributed by atoms with Crippen molar-refractivity contribution in [2.24, 2.45) is 0 Å². The van der Waals surface area contributed by atoms with Gasteiger partial charge in [0.25, 0.3) is 0 Å². The highest BCUT2D eigenvalue weighted by Gasteiger charge is 2.36. The Kier molecular flexibility index (Phi) is 4.37. The zero-order chi connectivity index (χ0) is 15.6. The Labute approximate surface area is 128 Å². The second-order valence-electron chi connectivity index (χ2n) is 5.78. The number of amides is 2. The van der Waals surface area contributed by atoms with Gasteiger partial charge >= 0.3 is 6.09 Å². The number of nitrogens with one attached hydrogen (secondary N) is 1. The topological polar surface area (TPSA) is 71.5 Å². The zero-order valence-corrected chi connectivity index (χ0v) is 13.0.